The molecule has 0 fully saturated rings. The van der Waals surface area contributed by atoms with E-state index in [1.807, 2.05) is 35.7 Å². The number of nitrogens with one attached hydrogen (secondary N) is 1. The fourth-order valence-electron chi connectivity index (χ4n) is 3.27. The minimum atomic E-state index is 0.570. The number of fused-ring (bicyclic) bond motifs is 2. The number of aromatic amines is 1. The number of aryl methyl sites for hydroxylation is 1. The molecule has 0 saturated carbocycles. The molecule has 0 spiro atoms. The van der Waals surface area contributed by atoms with Gasteiger partial charge >= 0.3 is 0 Å². The van der Waals surface area contributed by atoms with Crippen LogP contribution in [0.5, 0.6) is 0 Å². The van der Waals surface area contributed by atoms with E-state index in [0.717, 1.165) is 44.8 Å². The van der Waals surface area contributed by atoms with Gasteiger partial charge in [0.25, 0.3) is 0 Å². The van der Waals surface area contributed by atoms with Gasteiger partial charge < -0.3 is 0 Å². The Morgan fingerprint density at radius 2 is 2.11 bits per heavy atom. The van der Waals surface area contributed by atoms with Gasteiger partial charge in [0.15, 0.2) is 5.01 Å². The number of nitrogens with zero attached hydrogens (tertiary/aromatic N) is 7. The Labute approximate surface area is 158 Å². The average molecular weight is 378 g/mol. The van der Waals surface area contributed by atoms with Crippen LogP contribution < -0.4 is 0 Å². The molecular weight excluding hydrogens is 360 g/mol. The van der Waals surface area contributed by atoms with Crippen LogP contribution in [-0.4, -0.2) is 39.4 Å². The molecule has 0 aliphatic carbocycles. The molecule has 0 atom stereocenters. The smallest absolute Gasteiger partial charge is 0.235 e. The number of hydrogen-bond donors (Lipinski definition) is 1. The third-order valence-corrected chi connectivity index (χ3v) is 5.31. The second-order valence-electron chi connectivity index (χ2n) is 6.98. The van der Waals surface area contributed by atoms with Gasteiger partial charge in [-0.3, -0.25) is 9.50 Å². The molecule has 9 heteroatoms. The first-order valence-corrected chi connectivity index (χ1v) is 9.63. The third-order valence-electron chi connectivity index (χ3n) is 4.39. The molecule has 8 nitrogen and oxygen atoms in total. The number of hydrogen-bond acceptors (Lipinski definition) is 6. The van der Waals surface area contributed by atoms with E-state index in [0.29, 0.717) is 11.7 Å². The van der Waals surface area contributed by atoms with Crippen LogP contribution in [0.25, 0.3) is 32.8 Å². The molecule has 0 amide bonds. The average Bonchev–Trinajstić information content (AvgIpc) is 3.36. The van der Waals surface area contributed by atoms with Crippen LogP contribution in [0, 0.1) is 12.8 Å². The molecule has 27 heavy (non-hydrogen) atoms. The number of imidazole rings is 1. The Balaban J connectivity index is 1.61. The van der Waals surface area contributed by atoms with Crippen LogP contribution in [0.4, 0.5) is 0 Å². The van der Waals surface area contributed by atoms with Crippen LogP contribution in [0.1, 0.15) is 25.2 Å². The number of aromatic nitrogens is 8. The molecule has 0 radical (unpaired) electrons. The van der Waals surface area contributed by atoms with Crippen molar-refractivity contribution in [3.05, 3.63) is 41.9 Å². The molecule has 0 aromatic carbocycles. The lowest BCUT2D eigenvalue weighted by molar-refractivity contribution is 0.633. The zero-order chi connectivity index (χ0) is 18.5. The molecule has 0 aliphatic heterocycles. The van der Waals surface area contributed by atoms with E-state index in [4.69, 9.17) is 5.10 Å². The molecule has 5 aromatic heterocycles. The van der Waals surface area contributed by atoms with Crippen molar-refractivity contribution >= 4 is 21.9 Å². The Hall–Kier alpha value is -3.07. The lowest BCUT2D eigenvalue weighted by Gasteiger charge is -1.99. The van der Waals surface area contributed by atoms with Gasteiger partial charge in [-0.25, -0.2) is 4.98 Å². The summed E-state index contributed by atoms with van der Waals surface area (Å²) < 4.78 is 3.79. The summed E-state index contributed by atoms with van der Waals surface area (Å²) in [5.41, 5.74) is 4.62. The normalized spacial score (nSPS) is 12.0. The van der Waals surface area contributed by atoms with Crippen molar-refractivity contribution in [2.24, 2.45) is 5.92 Å². The van der Waals surface area contributed by atoms with E-state index in [2.05, 4.69) is 45.3 Å². The van der Waals surface area contributed by atoms with Crippen molar-refractivity contribution in [3.63, 3.8) is 0 Å². The van der Waals surface area contributed by atoms with Gasteiger partial charge in [-0.05, 0) is 37.5 Å². The van der Waals surface area contributed by atoms with E-state index in [9.17, 15) is 0 Å². The summed E-state index contributed by atoms with van der Waals surface area (Å²) in [5.74, 6) is 1.25. The molecule has 0 unspecified atom stereocenters. The fourth-order valence-corrected chi connectivity index (χ4v) is 4.07. The van der Waals surface area contributed by atoms with Gasteiger partial charge in [-0.1, -0.05) is 31.3 Å². The van der Waals surface area contributed by atoms with Crippen LogP contribution in [0.15, 0.2) is 30.5 Å². The van der Waals surface area contributed by atoms with Crippen LogP contribution in [0.2, 0.25) is 0 Å². The number of pyridine rings is 1. The maximum atomic E-state index is 4.73. The topological polar surface area (TPSA) is 89.1 Å². The van der Waals surface area contributed by atoms with Crippen molar-refractivity contribution in [2.75, 3.05) is 0 Å². The van der Waals surface area contributed by atoms with Gasteiger partial charge in [-0.2, -0.15) is 14.7 Å². The van der Waals surface area contributed by atoms with E-state index in [-0.39, 0.29) is 0 Å². The first kappa shape index (κ1) is 16.1. The standard InChI is InChI=1S/C18H18N8S/c1-10(2)8-12-9-13(21-20-12)17-24-26-16(22-23-18(26)27-17)15-11(3)19-14-6-4-5-7-25(14)15/h4-7,9-10H,8H2,1-3H3,(H,20,21). The van der Waals surface area contributed by atoms with Crippen molar-refractivity contribution in [3.8, 4) is 22.2 Å². The Bertz CT molecular complexity index is 1260. The molecule has 136 valence electrons. The summed E-state index contributed by atoms with van der Waals surface area (Å²) in [6.07, 6.45) is 2.94. The minimum absolute atomic E-state index is 0.570. The van der Waals surface area contributed by atoms with Crippen molar-refractivity contribution < 1.29 is 0 Å². The summed E-state index contributed by atoms with van der Waals surface area (Å²) in [5, 5.41) is 21.7. The highest BCUT2D eigenvalue weighted by Crippen LogP contribution is 2.29. The number of rotatable bonds is 4. The Morgan fingerprint density at radius 1 is 1.22 bits per heavy atom. The highest BCUT2D eigenvalue weighted by Gasteiger charge is 2.20. The second-order valence-corrected chi connectivity index (χ2v) is 7.93. The molecule has 0 aliphatic rings. The molecule has 0 saturated heterocycles. The molecule has 5 heterocycles. The Kier molecular flexibility index (Phi) is 3.57. The van der Waals surface area contributed by atoms with Gasteiger partial charge in [0.2, 0.25) is 10.8 Å². The van der Waals surface area contributed by atoms with Crippen molar-refractivity contribution in [2.45, 2.75) is 27.2 Å². The zero-order valence-electron chi connectivity index (χ0n) is 15.2. The highest BCUT2D eigenvalue weighted by atomic mass is 32.1. The summed E-state index contributed by atoms with van der Waals surface area (Å²) in [4.78, 5) is 5.35. The van der Waals surface area contributed by atoms with Crippen molar-refractivity contribution in [1.29, 1.82) is 0 Å². The molecule has 5 aromatic rings. The zero-order valence-corrected chi connectivity index (χ0v) is 16.0. The largest absolute Gasteiger partial charge is 0.297 e. The molecule has 1 N–H and O–H groups in total. The molecular formula is C18H18N8S. The van der Waals surface area contributed by atoms with Crippen LogP contribution in [0.3, 0.4) is 0 Å². The van der Waals surface area contributed by atoms with Gasteiger partial charge in [-0.15, -0.1) is 10.2 Å². The Morgan fingerprint density at radius 3 is 2.96 bits per heavy atom. The monoisotopic (exact) mass is 378 g/mol. The van der Waals surface area contributed by atoms with Gasteiger partial charge in [0, 0.05) is 11.9 Å². The van der Waals surface area contributed by atoms with Gasteiger partial charge in [0.1, 0.15) is 17.0 Å². The molecule has 5 rings (SSSR count). The first-order valence-electron chi connectivity index (χ1n) is 8.81. The molecule has 0 bridgehead atoms. The third kappa shape index (κ3) is 2.62. The second kappa shape index (κ2) is 5.98. The van der Waals surface area contributed by atoms with Crippen LogP contribution >= 0.6 is 11.3 Å². The maximum absolute atomic E-state index is 4.73. The fraction of sp³-hybridized carbons (Fsp3) is 0.278. The SMILES string of the molecule is Cc1nc2ccccn2c1-c1nnc2sc(-c3cc(CC(C)C)[nH]n3)nn12. The van der Waals surface area contributed by atoms with Crippen molar-refractivity contribution in [1.82, 2.24) is 39.4 Å². The van der Waals surface area contributed by atoms with E-state index in [1.54, 1.807) is 4.52 Å². The summed E-state index contributed by atoms with van der Waals surface area (Å²) in [6, 6.07) is 7.98. The summed E-state index contributed by atoms with van der Waals surface area (Å²) in [6.45, 7) is 6.35. The van der Waals surface area contributed by atoms with E-state index < -0.39 is 0 Å². The quantitative estimate of drug-likeness (QED) is 0.518. The minimum Gasteiger partial charge on any atom is -0.297 e. The highest BCUT2D eigenvalue weighted by molar-refractivity contribution is 7.19. The maximum Gasteiger partial charge on any atom is 0.235 e. The first-order chi connectivity index (χ1) is 13.1. The number of H-pyrrole nitrogens is 1. The lowest BCUT2D eigenvalue weighted by atomic mass is 10.1. The predicted octanol–water partition coefficient (Wildman–Crippen LogP) is 3.40. The predicted molar refractivity (Wildman–Crippen MR) is 104 cm³/mol. The van der Waals surface area contributed by atoms with Gasteiger partial charge in [0.05, 0.1) is 5.69 Å². The van der Waals surface area contributed by atoms with E-state index in [1.165, 1.54) is 11.3 Å². The summed E-state index contributed by atoms with van der Waals surface area (Å²) >= 11 is 1.48. The van der Waals surface area contributed by atoms with Crippen LogP contribution in [-0.2, 0) is 6.42 Å². The summed E-state index contributed by atoms with van der Waals surface area (Å²) in [7, 11) is 0. The van der Waals surface area contributed by atoms with E-state index >= 15 is 0 Å². The lowest BCUT2D eigenvalue weighted by Crippen LogP contribution is -1.96.